The molecule has 1 aromatic rings. The molecule has 0 unspecified atom stereocenters. The molecule has 92 valence electrons. The molecule has 1 heterocycles. The van der Waals surface area contributed by atoms with Gasteiger partial charge in [0.05, 0.1) is 0 Å². The molecular weight excluding hydrogens is 214 g/mol. The first kappa shape index (κ1) is 12.1. The number of nitrogens with zero attached hydrogens (tertiary/aromatic N) is 1. The van der Waals surface area contributed by atoms with E-state index in [-0.39, 0.29) is 6.10 Å². The Morgan fingerprint density at radius 1 is 1.29 bits per heavy atom. The van der Waals surface area contributed by atoms with Crippen LogP contribution in [0.4, 0.5) is 0 Å². The van der Waals surface area contributed by atoms with Crippen molar-refractivity contribution in [2.45, 2.75) is 45.3 Å². The van der Waals surface area contributed by atoms with Crippen LogP contribution in [-0.4, -0.2) is 23.0 Å². The van der Waals surface area contributed by atoms with Crippen molar-refractivity contribution in [2.24, 2.45) is 5.16 Å². The molecule has 3 nitrogen and oxygen atoms in total. The molecule has 0 saturated heterocycles. The fraction of sp³-hybridized carbons (Fsp3) is 0.500. The predicted molar refractivity (Wildman–Crippen MR) is 68.1 cm³/mol. The van der Waals surface area contributed by atoms with Crippen LogP contribution in [-0.2, 0) is 4.84 Å². The second kappa shape index (κ2) is 5.32. The summed E-state index contributed by atoms with van der Waals surface area (Å²) in [6.45, 7) is 4.17. The van der Waals surface area contributed by atoms with Crippen molar-refractivity contribution in [2.75, 3.05) is 0 Å². The summed E-state index contributed by atoms with van der Waals surface area (Å²) in [4.78, 5) is 5.30. The summed E-state index contributed by atoms with van der Waals surface area (Å²) in [5.74, 6) is 0. The van der Waals surface area contributed by atoms with E-state index < -0.39 is 6.10 Å². The molecule has 3 heteroatoms. The Hall–Kier alpha value is -1.35. The Kier molecular flexibility index (Phi) is 3.79. The first-order chi connectivity index (χ1) is 8.22. The number of aryl methyl sites for hydroxylation is 1. The van der Waals surface area contributed by atoms with Crippen molar-refractivity contribution in [3.05, 3.63) is 35.4 Å². The molecule has 0 amide bonds. The zero-order chi connectivity index (χ0) is 12.3. The van der Waals surface area contributed by atoms with E-state index in [2.05, 4.69) is 12.1 Å². The lowest BCUT2D eigenvalue weighted by atomic mass is 9.98. The molecule has 0 spiro atoms. The predicted octanol–water partition coefficient (Wildman–Crippen LogP) is 2.65. The topological polar surface area (TPSA) is 41.8 Å². The Morgan fingerprint density at radius 2 is 2.00 bits per heavy atom. The Balaban J connectivity index is 2.06. The smallest absolute Gasteiger partial charge is 0.159 e. The van der Waals surface area contributed by atoms with Crippen LogP contribution in [0.1, 0.15) is 37.3 Å². The molecule has 1 N–H and O–H groups in total. The summed E-state index contributed by atoms with van der Waals surface area (Å²) < 4.78 is 0. The molecular formula is C14H19NO2. The van der Waals surface area contributed by atoms with Gasteiger partial charge >= 0.3 is 0 Å². The molecule has 0 saturated carbocycles. The van der Waals surface area contributed by atoms with E-state index in [1.807, 2.05) is 31.2 Å². The summed E-state index contributed by atoms with van der Waals surface area (Å²) >= 11 is 0. The van der Waals surface area contributed by atoms with Gasteiger partial charge in [-0.25, -0.2) is 0 Å². The lowest BCUT2D eigenvalue weighted by Crippen LogP contribution is -2.29. The molecule has 0 aromatic heterocycles. The largest absolute Gasteiger partial charge is 0.389 e. The molecule has 1 aliphatic heterocycles. The Labute approximate surface area is 102 Å². The molecule has 0 bridgehead atoms. The van der Waals surface area contributed by atoms with Gasteiger partial charge in [0.15, 0.2) is 6.10 Å². The van der Waals surface area contributed by atoms with Crippen LogP contribution in [0.2, 0.25) is 0 Å². The lowest BCUT2D eigenvalue weighted by molar-refractivity contribution is 0.0153. The Morgan fingerprint density at radius 3 is 2.65 bits per heavy atom. The minimum atomic E-state index is -0.593. The van der Waals surface area contributed by atoms with Gasteiger partial charge < -0.3 is 9.94 Å². The van der Waals surface area contributed by atoms with Gasteiger partial charge in [-0.2, -0.15) is 0 Å². The van der Waals surface area contributed by atoms with E-state index in [0.29, 0.717) is 5.71 Å². The van der Waals surface area contributed by atoms with Crippen molar-refractivity contribution in [3.63, 3.8) is 0 Å². The van der Waals surface area contributed by atoms with Crippen molar-refractivity contribution in [1.82, 2.24) is 0 Å². The van der Waals surface area contributed by atoms with Gasteiger partial charge in [0.2, 0.25) is 0 Å². The summed E-state index contributed by atoms with van der Waals surface area (Å²) in [6, 6.07) is 7.99. The molecule has 0 radical (unpaired) electrons. The number of aliphatic hydroxyl groups is 1. The van der Waals surface area contributed by atoms with Crippen LogP contribution < -0.4 is 0 Å². The number of benzene rings is 1. The highest BCUT2D eigenvalue weighted by atomic mass is 16.7. The van der Waals surface area contributed by atoms with E-state index in [4.69, 9.17) is 4.84 Å². The summed E-state index contributed by atoms with van der Waals surface area (Å²) in [7, 11) is 0. The second-order valence-electron chi connectivity index (χ2n) is 4.57. The van der Waals surface area contributed by atoms with Gasteiger partial charge in [-0.3, -0.25) is 0 Å². The summed E-state index contributed by atoms with van der Waals surface area (Å²) in [5.41, 5.74) is 2.80. The summed E-state index contributed by atoms with van der Waals surface area (Å²) in [5, 5.41) is 14.2. The van der Waals surface area contributed by atoms with E-state index in [9.17, 15) is 5.11 Å². The van der Waals surface area contributed by atoms with Crippen LogP contribution in [0.3, 0.4) is 0 Å². The first-order valence-electron chi connectivity index (χ1n) is 6.21. The molecule has 1 aromatic carbocycles. The normalized spacial score (nSPS) is 23.4. The number of hydrogen-bond acceptors (Lipinski definition) is 3. The van der Waals surface area contributed by atoms with E-state index in [1.165, 1.54) is 5.56 Å². The van der Waals surface area contributed by atoms with Crippen LogP contribution in [0.25, 0.3) is 0 Å². The quantitative estimate of drug-likeness (QED) is 0.868. The van der Waals surface area contributed by atoms with Gasteiger partial charge in [-0.05, 0) is 19.8 Å². The fourth-order valence-electron chi connectivity index (χ4n) is 1.98. The average molecular weight is 233 g/mol. The molecule has 1 aliphatic rings. The fourth-order valence-corrected chi connectivity index (χ4v) is 1.98. The van der Waals surface area contributed by atoms with Crippen molar-refractivity contribution < 1.29 is 9.94 Å². The number of rotatable bonds is 4. The van der Waals surface area contributed by atoms with Crippen molar-refractivity contribution >= 4 is 5.71 Å². The highest BCUT2D eigenvalue weighted by molar-refractivity contribution is 6.04. The lowest BCUT2D eigenvalue weighted by Gasteiger charge is -2.12. The molecule has 2 atom stereocenters. The van der Waals surface area contributed by atoms with E-state index in [1.54, 1.807) is 0 Å². The van der Waals surface area contributed by atoms with Gasteiger partial charge in [-0.15, -0.1) is 0 Å². The first-order valence-corrected chi connectivity index (χ1v) is 6.21. The van der Waals surface area contributed by atoms with E-state index >= 15 is 0 Å². The molecule has 0 aliphatic carbocycles. The SMILES string of the molecule is CCCC[C@@H]1ON=C(c2ccc(C)cc2)[C@H]1O. The maximum Gasteiger partial charge on any atom is 0.159 e. The number of aliphatic hydroxyl groups excluding tert-OH is 1. The third kappa shape index (κ3) is 2.67. The van der Waals surface area contributed by atoms with Crippen LogP contribution in [0.15, 0.2) is 29.4 Å². The average Bonchev–Trinajstić information content (AvgIpc) is 2.69. The van der Waals surface area contributed by atoms with Crippen LogP contribution in [0.5, 0.6) is 0 Å². The minimum Gasteiger partial charge on any atom is -0.389 e. The van der Waals surface area contributed by atoms with Gasteiger partial charge in [0.1, 0.15) is 11.8 Å². The third-order valence-electron chi connectivity index (χ3n) is 3.11. The maximum atomic E-state index is 10.1. The number of oxime groups is 1. The highest BCUT2D eigenvalue weighted by Crippen LogP contribution is 2.21. The third-order valence-corrected chi connectivity index (χ3v) is 3.11. The number of hydrogen-bond donors (Lipinski definition) is 1. The zero-order valence-electron chi connectivity index (χ0n) is 10.4. The van der Waals surface area contributed by atoms with Crippen LogP contribution >= 0.6 is 0 Å². The van der Waals surface area contributed by atoms with Crippen molar-refractivity contribution in [3.8, 4) is 0 Å². The van der Waals surface area contributed by atoms with Gasteiger partial charge in [0, 0.05) is 5.56 Å². The molecule has 0 fully saturated rings. The molecule has 2 rings (SSSR count). The Bertz CT molecular complexity index is 397. The summed E-state index contributed by atoms with van der Waals surface area (Å²) in [6.07, 6.45) is 2.25. The zero-order valence-corrected chi connectivity index (χ0v) is 10.4. The van der Waals surface area contributed by atoms with Crippen LogP contribution in [0, 0.1) is 6.92 Å². The van der Waals surface area contributed by atoms with Gasteiger partial charge in [-0.1, -0.05) is 48.3 Å². The maximum absolute atomic E-state index is 10.1. The van der Waals surface area contributed by atoms with E-state index in [0.717, 1.165) is 24.8 Å². The second-order valence-corrected chi connectivity index (χ2v) is 4.57. The standard InChI is InChI=1S/C14H19NO2/c1-3-4-5-12-14(16)13(15-17-12)11-8-6-10(2)7-9-11/h6-9,12,14,16H,3-5H2,1-2H3/t12-,14-/m0/s1. The monoisotopic (exact) mass is 233 g/mol. The highest BCUT2D eigenvalue weighted by Gasteiger charge is 2.32. The minimum absolute atomic E-state index is 0.175. The van der Waals surface area contributed by atoms with Crippen molar-refractivity contribution in [1.29, 1.82) is 0 Å². The molecule has 17 heavy (non-hydrogen) atoms. The van der Waals surface area contributed by atoms with Gasteiger partial charge in [0.25, 0.3) is 0 Å². The number of unbranched alkanes of at least 4 members (excludes halogenated alkanes) is 1.